The zero-order valence-corrected chi connectivity index (χ0v) is 14.2. The fraction of sp³-hybridized carbons (Fsp3) is 0.632. The van der Waals surface area contributed by atoms with Crippen LogP contribution in [0.25, 0.3) is 0 Å². The second-order valence-electron chi connectivity index (χ2n) is 7.07. The van der Waals surface area contributed by atoms with Gasteiger partial charge in [0.1, 0.15) is 5.75 Å². The molecule has 1 amide bonds. The Bertz CT molecular complexity index is 558. The van der Waals surface area contributed by atoms with E-state index in [9.17, 15) is 4.79 Å². The highest BCUT2D eigenvalue weighted by atomic mass is 16.5. The summed E-state index contributed by atoms with van der Waals surface area (Å²) in [7, 11) is 1.68. The van der Waals surface area contributed by atoms with Crippen molar-refractivity contribution >= 4 is 11.6 Å². The lowest BCUT2D eigenvalue weighted by Crippen LogP contribution is -2.36. The molecule has 0 saturated carbocycles. The molecule has 23 heavy (non-hydrogen) atoms. The lowest BCUT2D eigenvalue weighted by atomic mass is 9.85. The predicted octanol–water partition coefficient (Wildman–Crippen LogP) is 3.36. The van der Waals surface area contributed by atoms with Crippen molar-refractivity contribution in [2.75, 3.05) is 19.0 Å². The van der Waals surface area contributed by atoms with Crippen molar-refractivity contribution in [3.8, 4) is 5.75 Å². The monoisotopic (exact) mass is 316 g/mol. The number of hydrogen-bond acceptors (Lipinski definition) is 3. The third-order valence-corrected chi connectivity index (χ3v) is 5.36. The number of aryl methyl sites for hydroxylation is 1. The highest BCUT2D eigenvalue weighted by molar-refractivity contribution is 5.94. The Kier molecular flexibility index (Phi) is 5.21. The molecular formula is C19H28N2O2. The maximum Gasteiger partial charge on any atom is 0.227 e. The topological polar surface area (TPSA) is 50.4 Å². The van der Waals surface area contributed by atoms with Crippen molar-refractivity contribution in [1.82, 2.24) is 5.32 Å². The molecule has 1 fully saturated rings. The van der Waals surface area contributed by atoms with Crippen molar-refractivity contribution in [2.24, 2.45) is 11.8 Å². The Morgan fingerprint density at radius 3 is 2.91 bits per heavy atom. The highest BCUT2D eigenvalue weighted by Gasteiger charge is 2.26. The first kappa shape index (κ1) is 16.3. The smallest absolute Gasteiger partial charge is 0.227 e. The zero-order valence-electron chi connectivity index (χ0n) is 14.2. The van der Waals surface area contributed by atoms with Crippen LogP contribution < -0.4 is 15.4 Å². The van der Waals surface area contributed by atoms with Gasteiger partial charge in [0.2, 0.25) is 5.91 Å². The zero-order chi connectivity index (χ0) is 16.2. The molecule has 2 N–H and O–H groups in total. The Morgan fingerprint density at radius 2 is 2.13 bits per heavy atom. The summed E-state index contributed by atoms with van der Waals surface area (Å²) in [5.41, 5.74) is 2.14. The molecule has 4 nitrogen and oxygen atoms in total. The first-order chi connectivity index (χ1) is 11.2. The van der Waals surface area contributed by atoms with Crippen molar-refractivity contribution in [1.29, 1.82) is 0 Å². The number of piperidine rings is 1. The van der Waals surface area contributed by atoms with Crippen LogP contribution in [0.5, 0.6) is 5.75 Å². The largest absolute Gasteiger partial charge is 0.497 e. The molecule has 2 aliphatic rings. The van der Waals surface area contributed by atoms with E-state index in [4.69, 9.17) is 4.74 Å². The van der Waals surface area contributed by atoms with Gasteiger partial charge < -0.3 is 15.4 Å². The van der Waals surface area contributed by atoms with Crippen molar-refractivity contribution in [3.63, 3.8) is 0 Å². The molecule has 2 heterocycles. The van der Waals surface area contributed by atoms with E-state index >= 15 is 0 Å². The first-order valence-corrected chi connectivity index (χ1v) is 8.87. The number of hydrogen-bond donors (Lipinski definition) is 2. The predicted molar refractivity (Wildman–Crippen MR) is 92.9 cm³/mol. The number of carbonyl (C=O) groups is 1. The van der Waals surface area contributed by atoms with Crippen LogP contribution in [0.1, 0.15) is 44.6 Å². The quantitative estimate of drug-likeness (QED) is 0.895. The van der Waals surface area contributed by atoms with Crippen LogP contribution in [0.15, 0.2) is 18.2 Å². The van der Waals surface area contributed by atoms with Gasteiger partial charge in [-0.15, -0.1) is 0 Å². The Labute approximate surface area is 139 Å². The van der Waals surface area contributed by atoms with Crippen LogP contribution in [-0.4, -0.2) is 25.6 Å². The number of anilines is 1. The van der Waals surface area contributed by atoms with E-state index in [1.807, 2.05) is 18.2 Å². The van der Waals surface area contributed by atoms with Crippen LogP contribution in [-0.2, 0) is 11.2 Å². The van der Waals surface area contributed by atoms with Gasteiger partial charge in [-0.25, -0.2) is 0 Å². The molecule has 1 aromatic carbocycles. The second kappa shape index (κ2) is 7.35. The molecule has 3 rings (SSSR count). The summed E-state index contributed by atoms with van der Waals surface area (Å²) in [6.45, 7) is 3.38. The molecule has 0 spiro atoms. The summed E-state index contributed by atoms with van der Waals surface area (Å²) in [6.07, 6.45) is 6.55. The normalized spacial score (nSPS) is 27.7. The van der Waals surface area contributed by atoms with Gasteiger partial charge in [0.15, 0.2) is 0 Å². The Morgan fingerprint density at radius 1 is 1.26 bits per heavy atom. The van der Waals surface area contributed by atoms with Crippen LogP contribution >= 0.6 is 0 Å². The van der Waals surface area contributed by atoms with Crippen LogP contribution in [0.2, 0.25) is 0 Å². The first-order valence-electron chi connectivity index (χ1n) is 8.87. The van der Waals surface area contributed by atoms with E-state index in [1.165, 1.54) is 24.8 Å². The van der Waals surface area contributed by atoms with E-state index in [1.54, 1.807) is 7.11 Å². The number of benzene rings is 1. The highest BCUT2D eigenvalue weighted by Crippen LogP contribution is 2.31. The van der Waals surface area contributed by atoms with Gasteiger partial charge in [-0.1, -0.05) is 0 Å². The fourth-order valence-corrected chi connectivity index (χ4v) is 3.93. The number of rotatable bonds is 4. The number of nitrogens with one attached hydrogen (secondary N) is 2. The second-order valence-corrected chi connectivity index (χ2v) is 7.07. The molecule has 3 unspecified atom stereocenters. The number of amides is 1. The van der Waals surface area contributed by atoms with Gasteiger partial charge in [0, 0.05) is 17.6 Å². The minimum atomic E-state index is 0.138. The number of fused-ring (bicyclic) bond motifs is 1. The standard InChI is InChI=1S/C19H28N2O2/c1-13-11-14(9-10-20-13)3-4-15-5-6-16-12-17(23-2)7-8-18(16)21-19(15)22/h7-8,12-15,20H,3-6,9-11H2,1-2H3,(H,21,22). The SMILES string of the molecule is COc1ccc2c(c1)CCC(CCC1CCNC(C)C1)C(=O)N2. The summed E-state index contributed by atoms with van der Waals surface area (Å²) in [4.78, 5) is 12.5. The van der Waals surface area contributed by atoms with Gasteiger partial charge in [0.05, 0.1) is 7.11 Å². The average molecular weight is 316 g/mol. The summed E-state index contributed by atoms with van der Waals surface area (Å²) >= 11 is 0. The molecule has 3 atom stereocenters. The van der Waals surface area contributed by atoms with E-state index < -0.39 is 0 Å². The molecule has 1 aromatic rings. The van der Waals surface area contributed by atoms with Gasteiger partial charge >= 0.3 is 0 Å². The van der Waals surface area contributed by atoms with E-state index in [-0.39, 0.29) is 11.8 Å². The van der Waals surface area contributed by atoms with Crippen LogP contribution in [0.3, 0.4) is 0 Å². The van der Waals surface area contributed by atoms with Crippen molar-refractivity contribution in [3.05, 3.63) is 23.8 Å². The van der Waals surface area contributed by atoms with Gasteiger partial charge in [-0.2, -0.15) is 0 Å². The number of carbonyl (C=O) groups excluding carboxylic acids is 1. The van der Waals surface area contributed by atoms with E-state index in [0.29, 0.717) is 6.04 Å². The molecule has 4 heteroatoms. The number of methoxy groups -OCH3 is 1. The fourth-order valence-electron chi connectivity index (χ4n) is 3.93. The third-order valence-electron chi connectivity index (χ3n) is 5.36. The van der Waals surface area contributed by atoms with Crippen molar-refractivity contribution < 1.29 is 9.53 Å². The molecule has 1 saturated heterocycles. The molecule has 0 aromatic heterocycles. The lowest BCUT2D eigenvalue weighted by molar-refractivity contribution is -0.120. The lowest BCUT2D eigenvalue weighted by Gasteiger charge is -2.28. The number of ether oxygens (including phenoxy) is 1. The van der Waals surface area contributed by atoms with Crippen LogP contribution in [0.4, 0.5) is 5.69 Å². The molecule has 2 aliphatic heterocycles. The summed E-state index contributed by atoms with van der Waals surface area (Å²) in [6, 6.07) is 6.54. The van der Waals surface area contributed by atoms with E-state index in [0.717, 1.165) is 43.2 Å². The van der Waals surface area contributed by atoms with Gasteiger partial charge in [-0.3, -0.25) is 4.79 Å². The molecular weight excluding hydrogens is 288 g/mol. The molecule has 0 aliphatic carbocycles. The minimum Gasteiger partial charge on any atom is -0.497 e. The minimum absolute atomic E-state index is 0.138. The van der Waals surface area contributed by atoms with Gasteiger partial charge in [-0.05, 0) is 81.7 Å². The van der Waals surface area contributed by atoms with Crippen molar-refractivity contribution in [2.45, 2.75) is 51.5 Å². The summed E-state index contributed by atoms with van der Waals surface area (Å²) < 4.78 is 5.29. The Hall–Kier alpha value is -1.55. The average Bonchev–Trinajstić information content (AvgIpc) is 2.71. The van der Waals surface area contributed by atoms with Crippen LogP contribution in [0, 0.1) is 11.8 Å². The maximum absolute atomic E-state index is 12.5. The van der Waals surface area contributed by atoms with E-state index in [2.05, 4.69) is 17.6 Å². The summed E-state index contributed by atoms with van der Waals surface area (Å²) in [5.74, 6) is 1.96. The molecule has 0 bridgehead atoms. The molecule has 0 radical (unpaired) electrons. The summed E-state index contributed by atoms with van der Waals surface area (Å²) in [5, 5.41) is 6.61. The Balaban J connectivity index is 1.59. The van der Waals surface area contributed by atoms with Gasteiger partial charge in [0.25, 0.3) is 0 Å². The molecule has 126 valence electrons. The maximum atomic E-state index is 12.5. The third kappa shape index (κ3) is 4.05.